The van der Waals surface area contributed by atoms with Gasteiger partial charge in [-0.3, -0.25) is 14.5 Å². The van der Waals surface area contributed by atoms with Crippen LogP contribution < -0.4 is 5.32 Å². The highest BCUT2D eigenvalue weighted by atomic mass is 16.5. The largest absolute Gasteiger partial charge is 0.380 e. The third-order valence-corrected chi connectivity index (χ3v) is 4.14. The molecule has 0 aromatic heterocycles. The van der Waals surface area contributed by atoms with E-state index < -0.39 is 5.54 Å². The summed E-state index contributed by atoms with van der Waals surface area (Å²) in [5, 5.41) is 11.9. The third kappa shape index (κ3) is 11.5. The minimum Gasteiger partial charge on any atom is -0.380 e. The Labute approximate surface area is 163 Å². The smallest absolute Gasteiger partial charge is 0.222 e. The van der Waals surface area contributed by atoms with Crippen molar-refractivity contribution in [1.29, 1.82) is 5.26 Å². The van der Waals surface area contributed by atoms with Crippen LogP contribution in [0.4, 0.5) is 0 Å². The number of carbonyl (C=O) groups excluding carboxylic acids is 2. The van der Waals surface area contributed by atoms with Gasteiger partial charge in [0, 0.05) is 31.5 Å². The number of ketones is 1. The van der Waals surface area contributed by atoms with Gasteiger partial charge < -0.3 is 14.8 Å². The maximum absolute atomic E-state index is 11.8. The number of amides is 1. The van der Waals surface area contributed by atoms with Gasteiger partial charge in [-0.15, -0.1) is 0 Å². The molecule has 0 radical (unpaired) electrons. The quantitative estimate of drug-likeness (QED) is 0.281. The molecule has 0 aromatic rings. The van der Waals surface area contributed by atoms with Crippen molar-refractivity contribution in [3.63, 3.8) is 0 Å². The molecule has 154 valence electrons. The van der Waals surface area contributed by atoms with Gasteiger partial charge >= 0.3 is 0 Å². The standard InChI is InChI=1S/C20H35N3O4/c1-7-18(24)17(15-21)14-20(4,5)23(6)10-13-26-11-8-19(25)22-9-12-27-16(2)3/h14,16H,7-13H2,1-6H3,(H,22,25)/b17-14+. The molecule has 0 atom stereocenters. The number of rotatable bonds is 14. The molecule has 0 spiro atoms. The lowest BCUT2D eigenvalue weighted by atomic mass is 9.97. The van der Waals surface area contributed by atoms with E-state index in [1.165, 1.54) is 0 Å². The summed E-state index contributed by atoms with van der Waals surface area (Å²) in [6, 6.07) is 1.98. The second-order valence-corrected chi connectivity index (χ2v) is 7.15. The van der Waals surface area contributed by atoms with Crippen LogP contribution in [0, 0.1) is 11.3 Å². The Morgan fingerprint density at radius 3 is 2.48 bits per heavy atom. The molecule has 1 amide bonds. The summed E-state index contributed by atoms with van der Waals surface area (Å²) < 4.78 is 10.9. The topological polar surface area (TPSA) is 91.7 Å². The number of ether oxygens (including phenoxy) is 2. The molecule has 0 aromatic carbocycles. The van der Waals surface area contributed by atoms with E-state index in [9.17, 15) is 9.59 Å². The Hall–Kier alpha value is -1.75. The van der Waals surface area contributed by atoms with Crippen LogP contribution in [0.25, 0.3) is 0 Å². The Balaban J connectivity index is 4.13. The monoisotopic (exact) mass is 381 g/mol. The van der Waals surface area contributed by atoms with Crippen molar-refractivity contribution < 1.29 is 19.1 Å². The van der Waals surface area contributed by atoms with Gasteiger partial charge in [0.1, 0.15) is 6.07 Å². The van der Waals surface area contributed by atoms with Gasteiger partial charge in [-0.05, 0) is 40.8 Å². The van der Waals surface area contributed by atoms with Gasteiger partial charge in [0.05, 0.1) is 31.5 Å². The Bertz CT molecular complexity index is 536. The first-order chi connectivity index (χ1) is 12.6. The number of hydrogen-bond acceptors (Lipinski definition) is 6. The number of nitrogens with zero attached hydrogens (tertiary/aromatic N) is 2. The van der Waals surface area contributed by atoms with Crippen molar-refractivity contribution in [1.82, 2.24) is 10.2 Å². The minimum absolute atomic E-state index is 0.0595. The van der Waals surface area contributed by atoms with Crippen molar-refractivity contribution >= 4 is 11.7 Å². The van der Waals surface area contributed by atoms with Gasteiger partial charge in [-0.2, -0.15) is 5.26 Å². The van der Waals surface area contributed by atoms with E-state index in [1.807, 2.05) is 45.7 Å². The van der Waals surface area contributed by atoms with Crippen LogP contribution in [0.5, 0.6) is 0 Å². The second-order valence-electron chi connectivity index (χ2n) is 7.15. The fraction of sp³-hybridized carbons (Fsp3) is 0.750. The van der Waals surface area contributed by atoms with E-state index >= 15 is 0 Å². The fourth-order valence-corrected chi connectivity index (χ4v) is 2.16. The zero-order chi connectivity index (χ0) is 20.9. The molecule has 0 saturated carbocycles. The summed E-state index contributed by atoms with van der Waals surface area (Å²) in [7, 11) is 1.91. The lowest BCUT2D eigenvalue weighted by molar-refractivity contribution is -0.122. The SMILES string of the molecule is CCC(=O)/C(C#N)=C/C(C)(C)N(C)CCOCCC(=O)NCCOC(C)C. The molecule has 0 rings (SSSR count). The van der Waals surface area contributed by atoms with Crippen LogP contribution >= 0.6 is 0 Å². The normalized spacial score (nSPS) is 12.3. The van der Waals surface area contributed by atoms with Crippen LogP contribution in [0.1, 0.15) is 47.5 Å². The molecule has 7 nitrogen and oxygen atoms in total. The molecule has 0 heterocycles. The summed E-state index contributed by atoms with van der Waals surface area (Å²) in [6.45, 7) is 12.0. The van der Waals surface area contributed by atoms with Crippen LogP contribution in [-0.2, 0) is 19.1 Å². The van der Waals surface area contributed by atoms with Crippen LogP contribution in [0.15, 0.2) is 11.6 Å². The van der Waals surface area contributed by atoms with Crippen LogP contribution in [-0.4, -0.2) is 68.2 Å². The molecule has 0 fully saturated rings. The number of allylic oxidation sites excluding steroid dienone is 1. The number of likely N-dealkylation sites (N-methyl/N-ethyl adjacent to an activating group) is 1. The van der Waals surface area contributed by atoms with Crippen LogP contribution in [0.3, 0.4) is 0 Å². The maximum atomic E-state index is 11.8. The zero-order valence-electron chi connectivity index (χ0n) is 17.6. The first kappa shape index (κ1) is 25.2. The average Bonchev–Trinajstić information content (AvgIpc) is 2.61. The predicted molar refractivity (Wildman–Crippen MR) is 105 cm³/mol. The molecule has 1 N–H and O–H groups in total. The van der Waals surface area contributed by atoms with Gasteiger partial charge in [-0.1, -0.05) is 6.92 Å². The summed E-state index contributed by atoms with van der Waals surface area (Å²) in [5.41, 5.74) is -0.263. The van der Waals surface area contributed by atoms with Gasteiger partial charge in [-0.25, -0.2) is 0 Å². The number of hydrogen-bond donors (Lipinski definition) is 1. The van der Waals surface area contributed by atoms with E-state index in [0.717, 1.165) is 0 Å². The average molecular weight is 382 g/mol. The first-order valence-electron chi connectivity index (χ1n) is 9.47. The first-order valence-corrected chi connectivity index (χ1v) is 9.47. The summed E-state index contributed by atoms with van der Waals surface area (Å²) >= 11 is 0. The molecule has 0 saturated heterocycles. The number of nitriles is 1. The summed E-state index contributed by atoms with van der Waals surface area (Å²) in [6.07, 6.45) is 2.48. The van der Waals surface area contributed by atoms with Crippen LogP contribution in [0.2, 0.25) is 0 Å². The summed E-state index contributed by atoms with van der Waals surface area (Å²) in [4.78, 5) is 25.4. The van der Waals surface area contributed by atoms with Crippen molar-refractivity contribution in [2.45, 2.75) is 59.1 Å². The van der Waals surface area contributed by atoms with Gasteiger partial charge in [0.25, 0.3) is 0 Å². The molecule has 0 aliphatic heterocycles. The van der Waals surface area contributed by atoms with Crippen molar-refractivity contribution in [2.75, 3.05) is 40.0 Å². The molecule has 0 unspecified atom stereocenters. The molecule has 0 bridgehead atoms. The highest BCUT2D eigenvalue weighted by molar-refractivity contribution is 5.98. The van der Waals surface area contributed by atoms with Gasteiger partial charge in [0.15, 0.2) is 5.78 Å². The molecule has 7 heteroatoms. The molecular formula is C20H35N3O4. The molecular weight excluding hydrogens is 346 g/mol. The number of carbonyl (C=O) groups is 2. The van der Waals surface area contributed by atoms with E-state index in [1.54, 1.807) is 13.0 Å². The highest BCUT2D eigenvalue weighted by Gasteiger charge is 2.23. The molecule has 27 heavy (non-hydrogen) atoms. The van der Waals surface area contributed by atoms with Crippen molar-refractivity contribution in [2.24, 2.45) is 0 Å². The maximum Gasteiger partial charge on any atom is 0.222 e. The van der Waals surface area contributed by atoms with Gasteiger partial charge in [0.2, 0.25) is 5.91 Å². The Kier molecular flexibility index (Phi) is 12.6. The number of Topliss-reactive ketones (excluding diaryl/α,β-unsaturated/α-hetero) is 1. The van der Waals surface area contributed by atoms with E-state index in [4.69, 9.17) is 14.7 Å². The predicted octanol–water partition coefficient (Wildman–Crippen LogP) is 2.07. The van der Waals surface area contributed by atoms with E-state index in [2.05, 4.69) is 5.32 Å². The molecule has 0 aliphatic carbocycles. The lowest BCUT2D eigenvalue weighted by Crippen LogP contribution is -2.41. The molecule has 0 aliphatic rings. The summed E-state index contributed by atoms with van der Waals surface area (Å²) in [5.74, 6) is -0.212. The fourth-order valence-electron chi connectivity index (χ4n) is 2.16. The lowest BCUT2D eigenvalue weighted by Gasteiger charge is -2.33. The highest BCUT2D eigenvalue weighted by Crippen LogP contribution is 2.17. The minimum atomic E-state index is -0.451. The third-order valence-electron chi connectivity index (χ3n) is 4.14. The van der Waals surface area contributed by atoms with E-state index in [0.29, 0.717) is 45.8 Å². The van der Waals surface area contributed by atoms with E-state index in [-0.39, 0.29) is 23.4 Å². The second kappa shape index (κ2) is 13.4. The Morgan fingerprint density at radius 2 is 1.93 bits per heavy atom. The Morgan fingerprint density at radius 1 is 1.26 bits per heavy atom. The van der Waals surface area contributed by atoms with Crippen molar-refractivity contribution in [3.05, 3.63) is 11.6 Å². The number of nitrogens with one attached hydrogen (secondary N) is 1. The van der Waals surface area contributed by atoms with Crippen molar-refractivity contribution in [3.8, 4) is 6.07 Å². The zero-order valence-corrected chi connectivity index (χ0v) is 17.6.